The second-order valence-corrected chi connectivity index (χ2v) is 4.94. The standard InChI is InChI=1S/C7H16NO2S/c1-5-7(2)6-8(3)11(4,9)10/h5,7H,6H2,1-4H3. The minimum absolute atomic E-state index is 0.315. The Hall–Kier alpha value is -0.0900. The van der Waals surface area contributed by atoms with Gasteiger partial charge in [-0.3, -0.25) is 0 Å². The molecular formula is C7H16NO2S. The molecule has 0 fully saturated rings. The van der Waals surface area contributed by atoms with E-state index in [4.69, 9.17) is 0 Å². The smallest absolute Gasteiger partial charge is 0.210 e. The molecule has 0 aromatic rings. The van der Waals surface area contributed by atoms with E-state index in [1.54, 1.807) is 7.05 Å². The van der Waals surface area contributed by atoms with Gasteiger partial charge >= 0.3 is 0 Å². The fourth-order valence-electron chi connectivity index (χ4n) is 0.646. The Bertz CT molecular complexity index is 198. The van der Waals surface area contributed by atoms with Crippen molar-refractivity contribution in [2.45, 2.75) is 13.8 Å². The van der Waals surface area contributed by atoms with E-state index in [0.29, 0.717) is 12.5 Å². The van der Waals surface area contributed by atoms with Crippen molar-refractivity contribution in [2.75, 3.05) is 19.8 Å². The zero-order valence-corrected chi connectivity index (χ0v) is 8.35. The summed E-state index contributed by atoms with van der Waals surface area (Å²) in [7, 11) is -1.40. The van der Waals surface area contributed by atoms with Crippen LogP contribution in [0.3, 0.4) is 0 Å². The third-order valence-corrected chi connectivity index (χ3v) is 2.96. The van der Waals surface area contributed by atoms with Crippen molar-refractivity contribution in [1.82, 2.24) is 4.31 Å². The fraction of sp³-hybridized carbons (Fsp3) is 0.857. The molecule has 3 nitrogen and oxygen atoms in total. The van der Waals surface area contributed by atoms with Gasteiger partial charge in [0, 0.05) is 13.6 Å². The lowest BCUT2D eigenvalue weighted by Crippen LogP contribution is -2.29. The summed E-state index contributed by atoms with van der Waals surface area (Å²) in [5.74, 6) is 0.315. The van der Waals surface area contributed by atoms with E-state index in [1.165, 1.54) is 10.6 Å². The summed E-state index contributed by atoms with van der Waals surface area (Å²) in [5.41, 5.74) is 0. The van der Waals surface area contributed by atoms with E-state index < -0.39 is 10.0 Å². The molecule has 0 aliphatic carbocycles. The molecule has 1 unspecified atom stereocenters. The molecule has 0 aromatic heterocycles. The molecule has 1 atom stereocenters. The normalized spacial score (nSPS) is 15.4. The Balaban J connectivity index is 3.98. The Kier molecular flexibility index (Phi) is 4.03. The topological polar surface area (TPSA) is 37.4 Å². The molecule has 0 aromatic carbocycles. The number of rotatable bonds is 4. The van der Waals surface area contributed by atoms with Gasteiger partial charge in [0.1, 0.15) is 0 Å². The monoisotopic (exact) mass is 178 g/mol. The Morgan fingerprint density at radius 3 is 2.27 bits per heavy atom. The maximum absolute atomic E-state index is 10.9. The van der Waals surface area contributed by atoms with Crippen LogP contribution < -0.4 is 0 Å². The van der Waals surface area contributed by atoms with Crippen LogP contribution in [0.2, 0.25) is 0 Å². The Morgan fingerprint density at radius 1 is 1.55 bits per heavy atom. The first-order valence-electron chi connectivity index (χ1n) is 3.58. The minimum Gasteiger partial charge on any atom is -0.213 e. The molecule has 0 spiro atoms. The van der Waals surface area contributed by atoms with E-state index >= 15 is 0 Å². The third kappa shape index (κ3) is 4.37. The summed E-state index contributed by atoms with van der Waals surface area (Å²) in [6.45, 7) is 4.48. The summed E-state index contributed by atoms with van der Waals surface area (Å²) in [6, 6.07) is 0. The Morgan fingerprint density at radius 2 is 2.00 bits per heavy atom. The molecule has 67 valence electrons. The predicted octanol–water partition coefficient (Wildman–Crippen LogP) is 0.738. The van der Waals surface area contributed by atoms with Crippen LogP contribution in [0.1, 0.15) is 13.8 Å². The van der Waals surface area contributed by atoms with Gasteiger partial charge in [0.15, 0.2) is 0 Å². The highest BCUT2D eigenvalue weighted by Crippen LogP contribution is 2.03. The Labute approximate surface area is 69.4 Å². The van der Waals surface area contributed by atoms with E-state index in [-0.39, 0.29) is 0 Å². The van der Waals surface area contributed by atoms with Crippen LogP contribution in [0.25, 0.3) is 0 Å². The molecule has 0 N–H and O–H groups in total. The van der Waals surface area contributed by atoms with Gasteiger partial charge in [-0.1, -0.05) is 13.8 Å². The van der Waals surface area contributed by atoms with Gasteiger partial charge in [-0.25, -0.2) is 12.7 Å². The van der Waals surface area contributed by atoms with Gasteiger partial charge in [-0.15, -0.1) is 0 Å². The van der Waals surface area contributed by atoms with E-state index in [9.17, 15) is 8.42 Å². The second kappa shape index (κ2) is 4.07. The van der Waals surface area contributed by atoms with Gasteiger partial charge in [-0.2, -0.15) is 0 Å². The summed E-state index contributed by atoms with van der Waals surface area (Å²) in [6.07, 6.45) is 3.21. The van der Waals surface area contributed by atoms with Crippen LogP contribution in [-0.2, 0) is 10.0 Å². The quantitative estimate of drug-likeness (QED) is 0.636. The molecule has 0 amide bonds. The average molecular weight is 178 g/mol. The lowest BCUT2D eigenvalue weighted by molar-refractivity contribution is 0.428. The molecule has 0 heterocycles. The number of hydrogen-bond donors (Lipinski definition) is 0. The van der Waals surface area contributed by atoms with Crippen LogP contribution in [0.5, 0.6) is 0 Å². The summed E-state index contributed by atoms with van der Waals surface area (Å²) < 4.78 is 23.1. The van der Waals surface area contributed by atoms with Gasteiger partial charge in [-0.05, 0) is 12.3 Å². The van der Waals surface area contributed by atoms with Crippen molar-refractivity contribution < 1.29 is 8.42 Å². The molecule has 11 heavy (non-hydrogen) atoms. The first-order valence-corrected chi connectivity index (χ1v) is 5.43. The molecule has 0 aliphatic rings. The zero-order valence-electron chi connectivity index (χ0n) is 7.53. The molecule has 0 bridgehead atoms. The van der Waals surface area contributed by atoms with Gasteiger partial charge < -0.3 is 0 Å². The highest BCUT2D eigenvalue weighted by Gasteiger charge is 2.12. The van der Waals surface area contributed by atoms with Crippen LogP contribution in [0.15, 0.2) is 0 Å². The molecule has 4 heteroatoms. The molecular weight excluding hydrogens is 162 g/mol. The third-order valence-electron chi connectivity index (χ3n) is 1.68. The SMILES string of the molecule is C[CH]C(C)CN(C)S(C)(=O)=O. The van der Waals surface area contributed by atoms with Crippen LogP contribution in [-0.4, -0.2) is 32.6 Å². The van der Waals surface area contributed by atoms with Crippen molar-refractivity contribution in [3.05, 3.63) is 6.42 Å². The number of sulfonamides is 1. The maximum atomic E-state index is 10.9. The van der Waals surface area contributed by atoms with Crippen molar-refractivity contribution in [2.24, 2.45) is 5.92 Å². The zero-order chi connectivity index (χ0) is 9.07. The first kappa shape index (κ1) is 10.9. The first-order chi connectivity index (χ1) is 4.88. The highest BCUT2D eigenvalue weighted by atomic mass is 32.2. The van der Waals surface area contributed by atoms with Gasteiger partial charge in [0.05, 0.1) is 6.26 Å². The molecule has 1 radical (unpaired) electrons. The number of hydrogen-bond acceptors (Lipinski definition) is 2. The van der Waals surface area contributed by atoms with Crippen LogP contribution >= 0.6 is 0 Å². The van der Waals surface area contributed by atoms with Gasteiger partial charge in [0.25, 0.3) is 0 Å². The summed E-state index contributed by atoms with van der Waals surface area (Å²) in [4.78, 5) is 0. The largest absolute Gasteiger partial charge is 0.213 e. The highest BCUT2D eigenvalue weighted by molar-refractivity contribution is 7.88. The lowest BCUT2D eigenvalue weighted by Gasteiger charge is -2.17. The summed E-state index contributed by atoms with van der Waals surface area (Å²) in [5, 5.41) is 0. The van der Waals surface area contributed by atoms with E-state index in [1.807, 2.05) is 20.3 Å². The summed E-state index contributed by atoms with van der Waals surface area (Å²) >= 11 is 0. The van der Waals surface area contributed by atoms with Crippen molar-refractivity contribution in [3.8, 4) is 0 Å². The van der Waals surface area contributed by atoms with Gasteiger partial charge in [0.2, 0.25) is 10.0 Å². The molecule has 0 aliphatic heterocycles. The predicted molar refractivity (Wildman–Crippen MR) is 46.6 cm³/mol. The van der Waals surface area contributed by atoms with E-state index in [2.05, 4.69) is 0 Å². The maximum Gasteiger partial charge on any atom is 0.210 e. The second-order valence-electron chi connectivity index (χ2n) is 2.85. The van der Waals surface area contributed by atoms with Crippen molar-refractivity contribution >= 4 is 10.0 Å². The van der Waals surface area contributed by atoms with E-state index in [0.717, 1.165) is 0 Å². The number of nitrogens with zero attached hydrogens (tertiary/aromatic N) is 1. The minimum atomic E-state index is -2.99. The average Bonchev–Trinajstić information content (AvgIpc) is 1.85. The lowest BCUT2D eigenvalue weighted by atomic mass is 10.1. The van der Waals surface area contributed by atoms with Crippen LogP contribution in [0.4, 0.5) is 0 Å². The van der Waals surface area contributed by atoms with Crippen molar-refractivity contribution in [3.63, 3.8) is 0 Å². The molecule has 0 saturated carbocycles. The molecule has 0 rings (SSSR count). The van der Waals surface area contributed by atoms with Crippen LogP contribution in [0, 0.1) is 12.3 Å². The fourth-order valence-corrected chi connectivity index (χ4v) is 1.15. The van der Waals surface area contributed by atoms with Crippen molar-refractivity contribution in [1.29, 1.82) is 0 Å². The molecule has 0 saturated heterocycles.